The number of nitro benzene ring substituents is 1. The molecule has 1 heterocycles. The van der Waals surface area contributed by atoms with Gasteiger partial charge in [0.15, 0.2) is 0 Å². The molecule has 3 atom stereocenters. The van der Waals surface area contributed by atoms with Gasteiger partial charge in [0.25, 0.3) is 5.69 Å². The average Bonchev–Trinajstić information content (AvgIpc) is 2.96. The molecule has 0 saturated carbocycles. The fourth-order valence-electron chi connectivity index (χ4n) is 4.71. The van der Waals surface area contributed by atoms with Crippen molar-refractivity contribution in [3.05, 3.63) is 111 Å². The van der Waals surface area contributed by atoms with Crippen LogP contribution in [0.4, 0.5) is 17.1 Å². The van der Waals surface area contributed by atoms with Crippen molar-refractivity contribution < 1.29 is 9.72 Å². The Morgan fingerprint density at radius 3 is 2.38 bits per heavy atom. The lowest BCUT2D eigenvalue weighted by atomic mass is 9.76. The van der Waals surface area contributed by atoms with E-state index in [2.05, 4.69) is 41.0 Å². The number of hydrogen-bond donors (Lipinski definition) is 2. The maximum atomic E-state index is 13.6. The number of nitrogens with one attached hydrogen (secondary N) is 2. The molecule has 5 rings (SSSR count). The lowest BCUT2D eigenvalue weighted by Gasteiger charge is -2.32. The number of nitrogens with zero attached hydrogens (tertiary/aromatic N) is 1. The predicted octanol–water partition coefficient (Wildman–Crippen LogP) is 5.74. The van der Waals surface area contributed by atoms with Gasteiger partial charge in [-0.25, -0.2) is 0 Å². The second kappa shape index (κ2) is 7.96. The summed E-state index contributed by atoms with van der Waals surface area (Å²) in [6, 6.07) is 22.0. The van der Waals surface area contributed by atoms with Gasteiger partial charge in [0.2, 0.25) is 0 Å². The predicted molar refractivity (Wildman–Crippen MR) is 125 cm³/mol. The van der Waals surface area contributed by atoms with Crippen LogP contribution in [0, 0.1) is 23.0 Å². The quantitative estimate of drug-likeness (QED) is 0.413. The lowest BCUT2D eigenvalue weighted by Crippen LogP contribution is -2.34. The van der Waals surface area contributed by atoms with E-state index in [1.165, 1.54) is 11.6 Å². The monoisotopic (exact) mass is 425 g/mol. The summed E-state index contributed by atoms with van der Waals surface area (Å²) in [4.78, 5) is 24.9. The topological polar surface area (TPSA) is 84.3 Å². The van der Waals surface area contributed by atoms with Crippen molar-refractivity contribution in [2.75, 3.05) is 10.6 Å². The first-order valence-electron chi connectivity index (χ1n) is 10.7. The van der Waals surface area contributed by atoms with Gasteiger partial charge in [-0.15, -0.1) is 0 Å². The van der Waals surface area contributed by atoms with Gasteiger partial charge in [-0.1, -0.05) is 66.2 Å². The van der Waals surface area contributed by atoms with Crippen molar-refractivity contribution in [1.82, 2.24) is 0 Å². The summed E-state index contributed by atoms with van der Waals surface area (Å²) >= 11 is 0. The number of Topliss-reactive ketones (excluding diaryl/α,β-unsaturated/α-hetero) is 1. The first-order chi connectivity index (χ1) is 15.5. The van der Waals surface area contributed by atoms with Gasteiger partial charge < -0.3 is 10.6 Å². The first-order valence-corrected chi connectivity index (χ1v) is 10.7. The maximum Gasteiger partial charge on any atom is 0.274 e. The van der Waals surface area contributed by atoms with Crippen LogP contribution in [0.3, 0.4) is 0 Å². The number of fused-ring (bicyclic) bond motifs is 2. The Morgan fingerprint density at radius 2 is 1.62 bits per heavy atom. The minimum atomic E-state index is -0.551. The molecule has 0 fully saturated rings. The molecule has 3 aromatic carbocycles. The SMILES string of the molecule is Cc1ccc(C2C=C3Nc4ccccc4NC(c4ccccc4[N+](=O)[O-])C3C(=O)C2)cc1. The van der Waals surface area contributed by atoms with Crippen LogP contribution in [0.2, 0.25) is 0 Å². The highest BCUT2D eigenvalue weighted by Crippen LogP contribution is 2.45. The number of carbonyl (C=O) groups excluding carboxylic acids is 1. The van der Waals surface area contributed by atoms with Gasteiger partial charge in [-0.2, -0.15) is 0 Å². The van der Waals surface area contributed by atoms with E-state index in [1.807, 2.05) is 31.2 Å². The van der Waals surface area contributed by atoms with Crippen LogP contribution >= 0.6 is 0 Å². The number of aryl methyl sites for hydroxylation is 1. The Balaban J connectivity index is 1.65. The second-order valence-electron chi connectivity index (χ2n) is 8.40. The van der Waals surface area contributed by atoms with Gasteiger partial charge in [0, 0.05) is 24.1 Å². The van der Waals surface area contributed by atoms with Crippen LogP contribution in [0.1, 0.15) is 35.1 Å². The Bertz CT molecular complexity index is 1230. The highest BCUT2D eigenvalue weighted by atomic mass is 16.6. The molecule has 3 unspecified atom stereocenters. The van der Waals surface area contributed by atoms with E-state index < -0.39 is 12.0 Å². The fourth-order valence-corrected chi connectivity index (χ4v) is 4.71. The summed E-state index contributed by atoms with van der Waals surface area (Å²) in [6.45, 7) is 2.04. The first kappa shape index (κ1) is 20.0. The highest BCUT2D eigenvalue weighted by molar-refractivity contribution is 5.90. The largest absolute Gasteiger partial charge is 0.375 e. The zero-order valence-electron chi connectivity index (χ0n) is 17.6. The maximum absolute atomic E-state index is 13.6. The number of nitro groups is 1. The molecule has 0 radical (unpaired) electrons. The van der Waals surface area contributed by atoms with Gasteiger partial charge >= 0.3 is 0 Å². The third kappa shape index (κ3) is 3.54. The summed E-state index contributed by atoms with van der Waals surface area (Å²) in [5, 5.41) is 18.7. The number of benzene rings is 3. The third-order valence-electron chi connectivity index (χ3n) is 6.31. The molecule has 1 aliphatic heterocycles. The van der Waals surface area contributed by atoms with Gasteiger partial charge in [-0.3, -0.25) is 14.9 Å². The zero-order chi connectivity index (χ0) is 22.2. The minimum Gasteiger partial charge on any atom is -0.375 e. The Labute approximate surface area is 186 Å². The number of hydrogen-bond acceptors (Lipinski definition) is 5. The van der Waals surface area contributed by atoms with Crippen molar-refractivity contribution in [1.29, 1.82) is 0 Å². The summed E-state index contributed by atoms with van der Waals surface area (Å²) in [7, 11) is 0. The van der Waals surface area contributed by atoms with E-state index in [0.717, 1.165) is 22.6 Å². The van der Waals surface area contributed by atoms with Crippen molar-refractivity contribution in [2.45, 2.75) is 25.3 Å². The van der Waals surface area contributed by atoms with Crippen LogP contribution < -0.4 is 10.6 Å². The molecular formula is C26H23N3O3. The van der Waals surface area contributed by atoms with E-state index in [4.69, 9.17) is 0 Å². The molecule has 6 heteroatoms. The number of ketones is 1. The van der Waals surface area contributed by atoms with E-state index in [9.17, 15) is 14.9 Å². The molecule has 0 spiro atoms. The fraction of sp³-hybridized carbons (Fsp3) is 0.192. The van der Waals surface area contributed by atoms with E-state index in [1.54, 1.807) is 18.2 Å². The van der Waals surface area contributed by atoms with Crippen LogP contribution in [0.15, 0.2) is 84.6 Å². The minimum absolute atomic E-state index is 0.0113. The Kier molecular flexibility index (Phi) is 4.98. The van der Waals surface area contributed by atoms with E-state index in [0.29, 0.717) is 12.0 Å². The molecule has 0 saturated heterocycles. The average molecular weight is 425 g/mol. The Hall–Kier alpha value is -3.93. The normalized spacial score (nSPS) is 21.8. The molecule has 0 aromatic heterocycles. The third-order valence-corrected chi connectivity index (χ3v) is 6.31. The molecule has 0 bridgehead atoms. The van der Waals surface area contributed by atoms with Gasteiger partial charge in [0.1, 0.15) is 5.78 Å². The van der Waals surface area contributed by atoms with Crippen molar-refractivity contribution in [3.63, 3.8) is 0 Å². The number of allylic oxidation sites excluding steroid dienone is 1. The van der Waals surface area contributed by atoms with Crippen molar-refractivity contribution >= 4 is 22.8 Å². The molecule has 6 nitrogen and oxygen atoms in total. The van der Waals surface area contributed by atoms with Gasteiger partial charge in [0.05, 0.1) is 33.8 Å². The lowest BCUT2D eigenvalue weighted by molar-refractivity contribution is -0.385. The van der Waals surface area contributed by atoms with Crippen LogP contribution in [-0.4, -0.2) is 10.7 Å². The van der Waals surface area contributed by atoms with Gasteiger partial charge in [-0.05, 0) is 24.6 Å². The van der Waals surface area contributed by atoms with Crippen molar-refractivity contribution in [3.8, 4) is 0 Å². The smallest absolute Gasteiger partial charge is 0.274 e. The number of carbonyl (C=O) groups is 1. The molecule has 32 heavy (non-hydrogen) atoms. The standard InChI is InChI=1S/C26H23N3O3/c1-16-10-12-17(13-11-16)18-14-22-25(24(30)15-18)26(19-6-2-5-9-23(19)29(31)32)28-21-8-4-3-7-20(21)27-22/h2-14,18,25-28H,15H2,1H3. The number of anilines is 2. The number of rotatable bonds is 3. The summed E-state index contributed by atoms with van der Waals surface area (Å²) in [5.74, 6) is -0.534. The van der Waals surface area contributed by atoms with E-state index >= 15 is 0 Å². The Morgan fingerprint density at radius 1 is 0.938 bits per heavy atom. The molecule has 160 valence electrons. The molecule has 0 amide bonds. The molecule has 3 aromatic rings. The summed E-state index contributed by atoms with van der Waals surface area (Å²) in [5.41, 5.74) is 5.22. The number of para-hydroxylation sites is 3. The summed E-state index contributed by atoms with van der Waals surface area (Å²) in [6.07, 6.45) is 2.47. The van der Waals surface area contributed by atoms with E-state index in [-0.39, 0.29) is 22.3 Å². The molecule has 1 aliphatic carbocycles. The van der Waals surface area contributed by atoms with Crippen molar-refractivity contribution in [2.24, 2.45) is 5.92 Å². The van der Waals surface area contributed by atoms with Crippen LogP contribution in [0.25, 0.3) is 0 Å². The van der Waals surface area contributed by atoms with Crippen LogP contribution in [0.5, 0.6) is 0 Å². The molecular weight excluding hydrogens is 402 g/mol. The zero-order valence-corrected chi connectivity index (χ0v) is 17.6. The van der Waals surface area contributed by atoms with Crippen LogP contribution in [-0.2, 0) is 4.79 Å². The second-order valence-corrected chi connectivity index (χ2v) is 8.40. The molecule has 2 N–H and O–H groups in total. The highest BCUT2D eigenvalue weighted by Gasteiger charge is 2.41. The molecule has 2 aliphatic rings. The summed E-state index contributed by atoms with van der Waals surface area (Å²) < 4.78 is 0.